The molecule has 1 fully saturated rings. The molecule has 6 nitrogen and oxygen atoms in total. The number of anilines is 1. The molecule has 1 aliphatic heterocycles. The molecule has 1 aliphatic rings. The number of ether oxygens (including phenoxy) is 1. The quantitative estimate of drug-likeness (QED) is 0.774. The van der Waals surface area contributed by atoms with Crippen LogP contribution in [-0.2, 0) is 20.5 Å². The second kappa shape index (κ2) is 6.09. The number of nitrogens with two attached hydrogens (primary N) is 1. The molecule has 20 heavy (non-hydrogen) atoms. The molecule has 0 spiro atoms. The van der Waals surface area contributed by atoms with Gasteiger partial charge in [0, 0.05) is 18.3 Å². The number of hydrogen-bond donors (Lipinski definition) is 2. The summed E-state index contributed by atoms with van der Waals surface area (Å²) < 4.78 is 31.7. The van der Waals surface area contributed by atoms with Gasteiger partial charge in [0.25, 0.3) is 0 Å². The minimum Gasteiger partial charge on any atom is -0.399 e. The first-order valence-electron chi connectivity index (χ1n) is 6.49. The van der Waals surface area contributed by atoms with Gasteiger partial charge in [0.15, 0.2) is 0 Å². The number of benzene rings is 1. The maximum absolute atomic E-state index is 12.5. The molecule has 0 bridgehead atoms. The van der Waals surface area contributed by atoms with Gasteiger partial charge in [-0.1, -0.05) is 12.1 Å². The molecular weight excluding hydrogens is 280 g/mol. The predicted molar refractivity (Wildman–Crippen MR) is 76.5 cm³/mol. The van der Waals surface area contributed by atoms with E-state index in [0.717, 1.165) is 0 Å². The molecule has 0 radical (unpaired) electrons. The zero-order valence-electron chi connectivity index (χ0n) is 11.4. The van der Waals surface area contributed by atoms with E-state index in [2.05, 4.69) is 0 Å². The van der Waals surface area contributed by atoms with Crippen LogP contribution in [0.1, 0.15) is 12.5 Å². The Morgan fingerprint density at radius 2 is 2.25 bits per heavy atom. The maximum atomic E-state index is 12.5. The minimum absolute atomic E-state index is 0.0967. The molecule has 7 heteroatoms. The molecule has 2 rings (SSSR count). The molecule has 0 aliphatic carbocycles. The van der Waals surface area contributed by atoms with Crippen molar-refractivity contribution in [3.05, 3.63) is 29.8 Å². The van der Waals surface area contributed by atoms with Gasteiger partial charge in [-0.05, 0) is 24.6 Å². The average molecular weight is 300 g/mol. The maximum Gasteiger partial charge on any atom is 0.218 e. The van der Waals surface area contributed by atoms with Crippen molar-refractivity contribution in [3.8, 4) is 0 Å². The zero-order valence-corrected chi connectivity index (χ0v) is 12.2. The highest BCUT2D eigenvalue weighted by molar-refractivity contribution is 7.88. The molecule has 112 valence electrons. The van der Waals surface area contributed by atoms with Crippen molar-refractivity contribution in [2.75, 3.05) is 25.5 Å². The first-order valence-corrected chi connectivity index (χ1v) is 8.09. The number of nitrogens with zero attached hydrogens (tertiary/aromatic N) is 1. The van der Waals surface area contributed by atoms with Crippen LogP contribution in [0.25, 0.3) is 0 Å². The third-order valence-electron chi connectivity index (χ3n) is 3.31. The Morgan fingerprint density at radius 3 is 2.90 bits per heavy atom. The fraction of sp³-hybridized carbons (Fsp3) is 0.538. The molecule has 1 heterocycles. The van der Waals surface area contributed by atoms with E-state index in [-0.39, 0.29) is 24.9 Å². The number of aliphatic hydroxyl groups is 1. The lowest BCUT2D eigenvalue weighted by molar-refractivity contribution is -0.0516. The predicted octanol–water partition coefficient (Wildman–Crippen LogP) is 0.180. The number of rotatable bonds is 4. The monoisotopic (exact) mass is 300 g/mol. The Balaban J connectivity index is 2.16. The Kier molecular flexibility index (Phi) is 4.64. The largest absolute Gasteiger partial charge is 0.399 e. The van der Waals surface area contributed by atoms with Gasteiger partial charge in [-0.15, -0.1) is 0 Å². The van der Waals surface area contributed by atoms with E-state index in [4.69, 9.17) is 15.6 Å². The van der Waals surface area contributed by atoms with Gasteiger partial charge >= 0.3 is 0 Å². The normalized spacial score (nSPS) is 24.7. The summed E-state index contributed by atoms with van der Waals surface area (Å²) in [6.07, 6.45) is -0.457. The summed E-state index contributed by atoms with van der Waals surface area (Å²) >= 11 is 0. The van der Waals surface area contributed by atoms with Crippen LogP contribution in [0, 0.1) is 0 Å². The highest BCUT2D eigenvalue weighted by atomic mass is 32.2. The van der Waals surface area contributed by atoms with Crippen molar-refractivity contribution in [2.45, 2.75) is 24.8 Å². The molecule has 1 aromatic rings. The molecular formula is C13H20N2O4S. The van der Waals surface area contributed by atoms with Gasteiger partial charge < -0.3 is 15.6 Å². The fourth-order valence-corrected chi connectivity index (χ4v) is 4.04. The number of sulfonamides is 1. The third-order valence-corrected chi connectivity index (χ3v) is 5.23. The first-order chi connectivity index (χ1) is 9.42. The minimum atomic E-state index is -3.46. The second-order valence-electron chi connectivity index (χ2n) is 5.06. The highest BCUT2D eigenvalue weighted by Crippen LogP contribution is 2.20. The Hall–Kier alpha value is -1.15. The Labute approximate surface area is 119 Å². The van der Waals surface area contributed by atoms with Crippen LogP contribution in [0.4, 0.5) is 5.69 Å². The van der Waals surface area contributed by atoms with Gasteiger partial charge in [-0.2, -0.15) is 4.31 Å². The molecule has 1 saturated heterocycles. The molecule has 0 aromatic heterocycles. The summed E-state index contributed by atoms with van der Waals surface area (Å²) in [7, 11) is -3.46. The van der Waals surface area contributed by atoms with Gasteiger partial charge in [-0.3, -0.25) is 0 Å². The van der Waals surface area contributed by atoms with Crippen molar-refractivity contribution in [2.24, 2.45) is 0 Å². The summed E-state index contributed by atoms with van der Waals surface area (Å²) in [5, 5.41) is 9.12. The van der Waals surface area contributed by atoms with E-state index in [1.165, 1.54) is 4.31 Å². The van der Waals surface area contributed by atoms with Gasteiger partial charge in [0.05, 0.1) is 25.1 Å². The molecule has 0 saturated carbocycles. The summed E-state index contributed by atoms with van der Waals surface area (Å²) in [5.41, 5.74) is 6.86. The molecule has 0 amide bonds. The van der Waals surface area contributed by atoms with Gasteiger partial charge in [-0.25, -0.2) is 8.42 Å². The lowest BCUT2D eigenvalue weighted by atomic mass is 10.2. The highest BCUT2D eigenvalue weighted by Gasteiger charge is 2.34. The van der Waals surface area contributed by atoms with Crippen LogP contribution >= 0.6 is 0 Å². The van der Waals surface area contributed by atoms with Crippen molar-refractivity contribution < 1.29 is 18.3 Å². The lowest BCUT2D eigenvalue weighted by Gasteiger charge is -2.36. The van der Waals surface area contributed by atoms with E-state index >= 15 is 0 Å². The van der Waals surface area contributed by atoms with Crippen LogP contribution in [0.2, 0.25) is 0 Å². The topological polar surface area (TPSA) is 92.9 Å². The molecule has 3 N–H and O–H groups in total. The van der Waals surface area contributed by atoms with Gasteiger partial charge in [0.1, 0.15) is 0 Å². The van der Waals surface area contributed by atoms with Crippen molar-refractivity contribution in [3.63, 3.8) is 0 Å². The molecule has 2 atom stereocenters. The Bertz CT molecular complexity index is 561. The zero-order chi connectivity index (χ0) is 14.8. The van der Waals surface area contributed by atoms with Crippen LogP contribution in [0.3, 0.4) is 0 Å². The smallest absolute Gasteiger partial charge is 0.218 e. The third kappa shape index (κ3) is 3.49. The number of morpholine rings is 1. The van der Waals surface area contributed by atoms with E-state index < -0.39 is 16.1 Å². The molecule has 2 unspecified atom stereocenters. The van der Waals surface area contributed by atoms with Crippen LogP contribution < -0.4 is 5.73 Å². The first kappa shape index (κ1) is 15.2. The number of hydrogen-bond acceptors (Lipinski definition) is 5. The lowest BCUT2D eigenvalue weighted by Crippen LogP contribution is -2.52. The van der Waals surface area contributed by atoms with E-state index in [9.17, 15) is 8.42 Å². The van der Waals surface area contributed by atoms with E-state index in [0.29, 0.717) is 17.9 Å². The number of nitrogen functional groups attached to an aromatic ring is 1. The SMILES string of the molecule is CC1COC(CO)CN1S(=O)(=O)Cc1cccc(N)c1. The van der Waals surface area contributed by atoms with Crippen molar-refractivity contribution in [1.29, 1.82) is 0 Å². The van der Waals surface area contributed by atoms with E-state index in [1.807, 2.05) is 0 Å². The fourth-order valence-electron chi connectivity index (χ4n) is 2.27. The van der Waals surface area contributed by atoms with Gasteiger partial charge in [0.2, 0.25) is 10.0 Å². The summed E-state index contributed by atoms with van der Waals surface area (Å²) in [5.74, 6) is -0.0967. The number of aliphatic hydroxyl groups excluding tert-OH is 1. The van der Waals surface area contributed by atoms with Crippen molar-refractivity contribution in [1.82, 2.24) is 4.31 Å². The standard InChI is InChI=1S/C13H20N2O4S/c1-10-8-19-13(7-16)6-15(10)20(17,18)9-11-3-2-4-12(14)5-11/h2-5,10,13,16H,6-9,14H2,1H3. The second-order valence-corrected chi connectivity index (χ2v) is 6.98. The summed E-state index contributed by atoms with van der Waals surface area (Å²) in [4.78, 5) is 0. The van der Waals surface area contributed by atoms with Crippen molar-refractivity contribution >= 4 is 15.7 Å². The average Bonchev–Trinajstić information content (AvgIpc) is 2.38. The van der Waals surface area contributed by atoms with Crippen LogP contribution in [0.5, 0.6) is 0 Å². The van der Waals surface area contributed by atoms with Crippen LogP contribution in [0.15, 0.2) is 24.3 Å². The van der Waals surface area contributed by atoms with Crippen LogP contribution in [-0.4, -0.2) is 49.7 Å². The van der Waals surface area contributed by atoms with E-state index in [1.54, 1.807) is 31.2 Å². The molecule has 1 aromatic carbocycles. The Morgan fingerprint density at radius 1 is 1.50 bits per heavy atom. The summed E-state index contributed by atoms with van der Waals surface area (Å²) in [6.45, 7) is 2.09. The summed E-state index contributed by atoms with van der Waals surface area (Å²) in [6, 6.07) is 6.62.